The van der Waals surface area contributed by atoms with Crippen LogP contribution in [0.4, 0.5) is 34.1 Å². The number of benzene rings is 8. The number of rotatable bonds is 8. The highest BCUT2D eigenvalue weighted by Crippen LogP contribution is 2.55. The second-order valence-corrected chi connectivity index (χ2v) is 19.0. The van der Waals surface area contributed by atoms with Gasteiger partial charge in [-0.3, -0.25) is 0 Å². The number of hydrogen-bond acceptors (Lipinski definition) is 2. The van der Waals surface area contributed by atoms with Crippen molar-refractivity contribution in [2.45, 2.75) is 89.4 Å². The fourth-order valence-electron chi connectivity index (χ4n) is 11.2. The van der Waals surface area contributed by atoms with Crippen LogP contribution in [0.25, 0.3) is 22.3 Å². The molecule has 0 heterocycles. The summed E-state index contributed by atoms with van der Waals surface area (Å²) in [5.41, 5.74) is 22.2. The molecule has 0 unspecified atom stereocenters. The molecule has 0 saturated heterocycles. The van der Waals surface area contributed by atoms with E-state index in [-0.39, 0.29) is 5.41 Å². The molecular weight excluding hydrogens is 773 g/mol. The zero-order valence-corrected chi connectivity index (χ0v) is 37.4. The van der Waals surface area contributed by atoms with Crippen LogP contribution in [-0.4, -0.2) is 0 Å². The highest BCUT2D eigenvalue weighted by molar-refractivity contribution is 5.96. The molecule has 0 aliphatic heterocycles. The molecule has 2 heteroatoms. The minimum atomic E-state index is -0.154. The van der Waals surface area contributed by atoms with Crippen LogP contribution in [-0.2, 0) is 31.1 Å². The van der Waals surface area contributed by atoms with Gasteiger partial charge in [-0.25, -0.2) is 0 Å². The van der Waals surface area contributed by atoms with Crippen LogP contribution >= 0.6 is 0 Å². The van der Waals surface area contributed by atoms with E-state index in [1.807, 2.05) is 0 Å². The summed E-state index contributed by atoms with van der Waals surface area (Å²) in [6.45, 7) is 4.84. The van der Waals surface area contributed by atoms with Gasteiger partial charge in [0.15, 0.2) is 0 Å². The fraction of sp³-hybridized carbons (Fsp3) is 0.226. The van der Waals surface area contributed by atoms with Crippen molar-refractivity contribution in [2.24, 2.45) is 0 Å². The van der Waals surface area contributed by atoms with Gasteiger partial charge >= 0.3 is 0 Å². The van der Waals surface area contributed by atoms with Crippen molar-refractivity contribution < 1.29 is 0 Å². The second-order valence-electron chi connectivity index (χ2n) is 19.0. The first kappa shape index (κ1) is 40.2. The van der Waals surface area contributed by atoms with Crippen LogP contribution in [0.2, 0.25) is 0 Å². The van der Waals surface area contributed by atoms with Crippen LogP contribution in [0, 0.1) is 0 Å². The molecule has 0 atom stereocenters. The molecule has 8 aromatic carbocycles. The predicted molar refractivity (Wildman–Crippen MR) is 271 cm³/mol. The molecule has 64 heavy (non-hydrogen) atoms. The minimum Gasteiger partial charge on any atom is -0.310 e. The lowest BCUT2D eigenvalue weighted by Crippen LogP contribution is -2.18. The third kappa shape index (κ3) is 7.53. The molecule has 6 aliphatic rings. The third-order valence-electron chi connectivity index (χ3n) is 14.7. The summed E-state index contributed by atoms with van der Waals surface area (Å²) >= 11 is 0. The lowest BCUT2D eigenvalue weighted by Gasteiger charge is -2.32. The van der Waals surface area contributed by atoms with Gasteiger partial charge in [0.25, 0.3) is 0 Å². The van der Waals surface area contributed by atoms with Crippen molar-refractivity contribution in [1.82, 2.24) is 0 Å². The molecule has 8 aromatic rings. The van der Waals surface area contributed by atoms with E-state index in [0.717, 1.165) is 25.7 Å². The molecule has 2 nitrogen and oxygen atoms in total. The molecule has 0 aromatic heterocycles. The van der Waals surface area contributed by atoms with E-state index < -0.39 is 0 Å². The highest BCUT2D eigenvalue weighted by Gasteiger charge is 2.38. The topological polar surface area (TPSA) is 6.48 Å². The molecule has 1 fully saturated rings. The molecule has 0 radical (unpaired) electrons. The molecule has 316 valence electrons. The predicted octanol–water partition coefficient (Wildman–Crippen LogP) is 16.9. The summed E-state index contributed by atoms with van der Waals surface area (Å²) in [7, 11) is 0. The lowest BCUT2D eigenvalue weighted by atomic mass is 9.81. The van der Waals surface area contributed by atoms with Crippen LogP contribution in [0.15, 0.2) is 188 Å². The second kappa shape index (κ2) is 17.1. The SMILES string of the molecule is CC1(C)c2ccccc2-c2c(-c3ccccc3)cc(N(c3ccc(C4CCCCCC4)cc3)c3cc4ccc3CCc3ccc(c(N(c5ccccc5)c5ccccc5)c3)CC4)cc21. The van der Waals surface area contributed by atoms with E-state index in [0.29, 0.717) is 5.92 Å². The van der Waals surface area contributed by atoms with Crippen LogP contribution in [0.5, 0.6) is 0 Å². The average Bonchev–Trinajstić information content (AvgIpc) is 3.48. The maximum absolute atomic E-state index is 2.62. The van der Waals surface area contributed by atoms with Crippen molar-refractivity contribution in [1.29, 1.82) is 0 Å². The van der Waals surface area contributed by atoms with Crippen molar-refractivity contribution in [3.05, 3.63) is 227 Å². The van der Waals surface area contributed by atoms with Crippen molar-refractivity contribution in [3.8, 4) is 22.3 Å². The maximum Gasteiger partial charge on any atom is 0.0496 e. The Morgan fingerprint density at radius 3 is 1.52 bits per heavy atom. The smallest absolute Gasteiger partial charge is 0.0496 e. The Morgan fingerprint density at radius 2 is 0.922 bits per heavy atom. The highest BCUT2D eigenvalue weighted by atomic mass is 15.2. The number of aryl methyl sites for hydroxylation is 4. The van der Waals surface area contributed by atoms with Gasteiger partial charge in [-0.15, -0.1) is 0 Å². The van der Waals surface area contributed by atoms with E-state index >= 15 is 0 Å². The molecule has 1 saturated carbocycles. The Morgan fingerprint density at radius 1 is 0.406 bits per heavy atom. The van der Waals surface area contributed by atoms with Gasteiger partial charge in [-0.05, 0) is 166 Å². The van der Waals surface area contributed by atoms with E-state index in [1.54, 1.807) is 0 Å². The molecule has 4 bridgehead atoms. The molecule has 0 amide bonds. The Balaban J connectivity index is 1.06. The standard InChI is InChI=1S/C62H58N2/c1-62(2)57-27-17-16-26-55(57)61-56(48-20-10-5-11-21-48)42-54(43-58(61)62)64(53-38-36-47(37-39-53)46-18-8-3-4-9-19-46)60-41-45-29-33-49-32-28-44(30-34-50(60)35-31-45)40-59(49)63(51-22-12-6-13-23-51)52-24-14-7-15-25-52/h5-7,10-17,20-28,31-32,35-43,46H,3-4,8-9,18-19,29-30,33-34H2,1-2H3. The molecule has 14 rings (SSSR count). The monoisotopic (exact) mass is 830 g/mol. The largest absolute Gasteiger partial charge is 0.310 e. The molecule has 0 N–H and O–H groups in total. The normalized spacial score (nSPS) is 15.4. The zero-order chi connectivity index (χ0) is 43.0. The lowest BCUT2D eigenvalue weighted by molar-refractivity contribution is 0.592. The summed E-state index contributed by atoms with van der Waals surface area (Å²) in [5.74, 6) is 0.647. The average molecular weight is 831 g/mol. The van der Waals surface area contributed by atoms with Crippen LogP contribution in [0.3, 0.4) is 0 Å². The summed E-state index contributed by atoms with van der Waals surface area (Å²) in [6, 6.07) is 71.4. The van der Waals surface area contributed by atoms with E-state index in [4.69, 9.17) is 0 Å². The van der Waals surface area contributed by atoms with Gasteiger partial charge in [0.05, 0.1) is 0 Å². The van der Waals surface area contributed by atoms with Crippen molar-refractivity contribution in [2.75, 3.05) is 9.80 Å². The Bertz CT molecular complexity index is 2860. The Hall–Kier alpha value is -6.64. The van der Waals surface area contributed by atoms with E-state index in [9.17, 15) is 0 Å². The van der Waals surface area contributed by atoms with Gasteiger partial charge in [-0.1, -0.05) is 167 Å². The van der Waals surface area contributed by atoms with Crippen molar-refractivity contribution in [3.63, 3.8) is 0 Å². The fourth-order valence-corrected chi connectivity index (χ4v) is 11.2. The first-order chi connectivity index (χ1) is 31.5. The summed E-state index contributed by atoms with van der Waals surface area (Å²) < 4.78 is 0. The number of nitrogens with zero attached hydrogens (tertiary/aromatic N) is 2. The van der Waals surface area contributed by atoms with Crippen LogP contribution < -0.4 is 9.80 Å². The maximum atomic E-state index is 2.62. The number of hydrogen-bond donors (Lipinski definition) is 0. The molecule has 0 spiro atoms. The molecular formula is C62H58N2. The van der Waals surface area contributed by atoms with Gasteiger partial charge in [0.2, 0.25) is 0 Å². The van der Waals surface area contributed by atoms with Crippen LogP contribution in [0.1, 0.15) is 97.2 Å². The first-order valence-corrected chi connectivity index (χ1v) is 23.9. The number of anilines is 6. The molecule has 6 aliphatic carbocycles. The third-order valence-corrected chi connectivity index (χ3v) is 14.7. The summed E-state index contributed by atoms with van der Waals surface area (Å²) in [4.78, 5) is 5.07. The van der Waals surface area contributed by atoms with Gasteiger partial charge < -0.3 is 9.80 Å². The quantitative estimate of drug-likeness (QED) is 0.141. The zero-order valence-electron chi connectivity index (χ0n) is 37.4. The van der Waals surface area contributed by atoms with Crippen molar-refractivity contribution >= 4 is 34.1 Å². The minimum absolute atomic E-state index is 0.154. The number of fused-ring (bicyclic) bond motifs is 3. The Kier molecular flexibility index (Phi) is 10.8. The van der Waals surface area contributed by atoms with Gasteiger partial charge in [-0.2, -0.15) is 0 Å². The summed E-state index contributed by atoms with van der Waals surface area (Å²) in [5, 5.41) is 0. The first-order valence-electron chi connectivity index (χ1n) is 23.9. The number of para-hydroxylation sites is 2. The van der Waals surface area contributed by atoms with E-state index in [1.165, 1.54) is 134 Å². The van der Waals surface area contributed by atoms with Gasteiger partial charge in [0.1, 0.15) is 0 Å². The van der Waals surface area contributed by atoms with E-state index in [2.05, 4.69) is 212 Å². The van der Waals surface area contributed by atoms with Gasteiger partial charge in [0, 0.05) is 39.5 Å². The summed E-state index contributed by atoms with van der Waals surface area (Å²) in [6.07, 6.45) is 11.7. The Labute approximate surface area is 380 Å².